The molecule has 0 radical (unpaired) electrons. The van der Waals surface area contributed by atoms with Crippen LogP contribution in [-0.4, -0.2) is 21.5 Å². The van der Waals surface area contributed by atoms with Gasteiger partial charge in [-0.05, 0) is 55.4 Å². The summed E-state index contributed by atoms with van der Waals surface area (Å²) in [6.07, 6.45) is 7.17. The van der Waals surface area contributed by atoms with E-state index in [-0.39, 0.29) is 17.9 Å². The van der Waals surface area contributed by atoms with Crippen LogP contribution in [0, 0.1) is 17.8 Å². The van der Waals surface area contributed by atoms with Crippen LogP contribution in [0.3, 0.4) is 0 Å². The summed E-state index contributed by atoms with van der Waals surface area (Å²) in [4.78, 5) is 18.0. The number of aryl methyl sites for hydroxylation is 1. The number of carbonyl (C=O) groups is 1. The number of rotatable bonds is 4. The molecule has 2 bridgehead atoms. The molecule has 1 aromatic carbocycles. The molecule has 4 rings (SSSR count). The number of anilines is 1. The molecule has 0 spiro atoms. The molecule has 2 saturated carbocycles. The summed E-state index contributed by atoms with van der Waals surface area (Å²) in [6, 6.07) is 7.94. The predicted molar refractivity (Wildman–Crippen MR) is 94.7 cm³/mol. The summed E-state index contributed by atoms with van der Waals surface area (Å²) in [5.41, 5.74) is 7.09. The maximum Gasteiger partial charge on any atom is 0.229 e. The maximum absolute atomic E-state index is 12.6. The van der Waals surface area contributed by atoms with E-state index in [0.717, 1.165) is 28.6 Å². The molecule has 1 aromatic heterocycles. The molecule has 6 heteroatoms. The standard InChI is InChI=1S/C18H22N4OS/c1-22-9-8-20-18(22)24-14-6-4-13(5-7-14)21-17(23)15-11-2-3-12(10-11)16(15)19/h4-9,11-12,15-16H,2-3,10,19H2,1H3,(H,21,23). The monoisotopic (exact) mass is 342 g/mol. The number of fused-ring (bicyclic) bond motifs is 2. The van der Waals surface area contributed by atoms with Crippen LogP contribution in [0.4, 0.5) is 5.69 Å². The molecular weight excluding hydrogens is 320 g/mol. The van der Waals surface area contributed by atoms with Crippen molar-refractivity contribution >= 4 is 23.4 Å². The summed E-state index contributed by atoms with van der Waals surface area (Å²) in [5.74, 6) is 1.08. The zero-order valence-electron chi connectivity index (χ0n) is 13.7. The number of nitrogens with one attached hydrogen (secondary N) is 1. The summed E-state index contributed by atoms with van der Waals surface area (Å²) in [5, 5.41) is 3.99. The molecule has 2 aliphatic rings. The van der Waals surface area contributed by atoms with Gasteiger partial charge < -0.3 is 15.6 Å². The molecule has 2 aromatic rings. The summed E-state index contributed by atoms with van der Waals surface area (Å²) in [6.45, 7) is 0. The first-order valence-corrected chi connectivity index (χ1v) is 9.25. The highest BCUT2D eigenvalue weighted by atomic mass is 32.2. The van der Waals surface area contributed by atoms with Crippen LogP contribution in [0.2, 0.25) is 0 Å². The van der Waals surface area contributed by atoms with E-state index in [9.17, 15) is 4.79 Å². The van der Waals surface area contributed by atoms with Gasteiger partial charge in [-0.25, -0.2) is 4.98 Å². The van der Waals surface area contributed by atoms with Gasteiger partial charge in [0, 0.05) is 36.1 Å². The fraction of sp³-hybridized carbons (Fsp3) is 0.444. The van der Waals surface area contributed by atoms with E-state index >= 15 is 0 Å². The lowest BCUT2D eigenvalue weighted by atomic mass is 9.84. The molecular formula is C18H22N4OS. The Morgan fingerprint density at radius 1 is 1.29 bits per heavy atom. The van der Waals surface area contributed by atoms with E-state index in [4.69, 9.17) is 5.73 Å². The molecule has 4 atom stereocenters. The Balaban J connectivity index is 1.40. The zero-order chi connectivity index (χ0) is 16.7. The molecule has 5 nitrogen and oxygen atoms in total. The van der Waals surface area contributed by atoms with Crippen molar-refractivity contribution in [1.29, 1.82) is 0 Å². The van der Waals surface area contributed by atoms with Gasteiger partial charge in [-0.15, -0.1) is 0 Å². The van der Waals surface area contributed by atoms with E-state index in [1.807, 2.05) is 42.1 Å². The number of nitrogens with two attached hydrogens (primary N) is 1. The highest BCUT2D eigenvalue weighted by molar-refractivity contribution is 7.99. The van der Waals surface area contributed by atoms with Gasteiger partial charge in [-0.2, -0.15) is 0 Å². The average Bonchev–Trinajstić information content (AvgIpc) is 3.26. The second kappa shape index (κ2) is 6.26. The lowest BCUT2D eigenvalue weighted by molar-refractivity contribution is -0.121. The Labute approximate surface area is 146 Å². The Morgan fingerprint density at radius 3 is 2.67 bits per heavy atom. The predicted octanol–water partition coefficient (Wildman–Crippen LogP) is 2.88. The molecule has 126 valence electrons. The molecule has 4 unspecified atom stereocenters. The largest absolute Gasteiger partial charge is 0.329 e. The molecule has 24 heavy (non-hydrogen) atoms. The lowest BCUT2D eigenvalue weighted by Crippen LogP contribution is -2.42. The molecule has 2 aliphatic carbocycles. The van der Waals surface area contributed by atoms with Crippen LogP contribution in [0.25, 0.3) is 0 Å². The van der Waals surface area contributed by atoms with Crippen LogP contribution in [0.1, 0.15) is 19.3 Å². The number of hydrogen-bond donors (Lipinski definition) is 2. The quantitative estimate of drug-likeness (QED) is 0.896. The minimum atomic E-state index is -0.0228. The normalized spacial score (nSPS) is 28.2. The molecule has 0 saturated heterocycles. The van der Waals surface area contributed by atoms with Gasteiger partial charge in [0.25, 0.3) is 0 Å². The van der Waals surface area contributed by atoms with Crippen molar-refractivity contribution in [3.05, 3.63) is 36.7 Å². The van der Waals surface area contributed by atoms with Gasteiger partial charge in [-0.1, -0.05) is 11.8 Å². The van der Waals surface area contributed by atoms with Crippen molar-refractivity contribution in [2.75, 3.05) is 5.32 Å². The topological polar surface area (TPSA) is 72.9 Å². The third-order valence-corrected chi connectivity index (χ3v) is 6.48. The number of hydrogen-bond acceptors (Lipinski definition) is 4. The molecule has 1 amide bonds. The second-order valence-corrected chi connectivity index (χ2v) is 7.91. The SMILES string of the molecule is Cn1ccnc1Sc1ccc(NC(=O)C2C3CCC(C3)C2N)cc1. The highest BCUT2D eigenvalue weighted by Crippen LogP contribution is 2.47. The van der Waals surface area contributed by atoms with Crippen LogP contribution in [0.5, 0.6) is 0 Å². The molecule has 3 N–H and O–H groups in total. The number of benzene rings is 1. The summed E-state index contributed by atoms with van der Waals surface area (Å²) < 4.78 is 1.98. The Hall–Kier alpha value is -1.79. The number of nitrogens with zero attached hydrogens (tertiary/aromatic N) is 2. The van der Waals surface area contributed by atoms with Crippen molar-refractivity contribution in [2.24, 2.45) is 30.5 Å². The Kier molecular flexibility index (Phi) is 4.10. The molecule has 1 heterocycles. The third kappa shape index (κ3) is 2.84. The summed E-state index contributed by atoms with van der Waals surface area (Å²) in [7, 11) is 1.97. The number of imidazole rings is 1. The third-order valence-electron chi connectivity index (χ3n) is 5.39. The van der Waals surface area contributed by atoms with Crippen molar-refractivity contribution in [1.82, 2.24) is 9.55 Å². The summed E-state index contributed by atoms with van der Waals surface area (Å²) >= 11 is 1.60. The molecule has 2 fully saturated rings. The Morgan fingerprint density at radius 2 is 2.04 bits per heavy atom. The number of aromatic nitrogens is 2. The minimum Gasteiger partial charge on any atom is -0.329 e. The van der Waals surface area contributed by atoms with Gasteiger partial charge in [0.1, 0.15) is 0 Å². The Bertz CT molecular complexity index is 740. The minimum absolute atomic E-state index is 0.0228. The van der Waals surface area contributed by atoms with E-state index in [1.165, 1.54) is 6.42 Å². The van der Waals surface area contributed by atoms with Crippen molar-refractivity contribution < 1.29 is 4.79 Å². The van der Waals surface area contributed by atoms with Crippen LogP contribution in [-0.2, 0) is 11.8 Å². The van der Waals surface area contributed by atoms with E-state index in [2.05, 4.69) is 10.3 Å². The number of amides is 1. The fourth-order valence-corrected chi connectivity index (χ4v) is 4.91. The van der Waals surface area contributed by atoms with Crippen LogP contribution < -0.4 is 11.1 Å². The van der Waals surface area contributed by atoms with Crippen molar-refractivity contribution in [2.45, 2.75) is 35.4 Å². The van der Waals surface area contributed by atoms with Gasteiger partial charge in [-0.3, -0.25) is 4.79 Å². The lowest BCUT2D eigenvalue weighted by Gasteiger charge is -2.27. The van der Waals surface area contributed by atoms with E-state index in [1.54, 1.807) is 18.0 Å². The van der Waals surface area contributed by atoms with Gasteiger partial charge >= 0.3 is 0 Å². The maximum atomic E-state index is 12.6. The zero-order valence-corrected chi connectivity index (χ0v) is 14.5. The fourth-order valence-electron chi connectivity index (χ4n) is 4.11. The van der Waals surface area contributed by atoms with Crippen LogP contribution in [0.15, 0.2) is 46.7 Å². The number of carbonyl (C=O) groups excluding carboxylic acids is 1. The smallest absolute Gasteiger partial charge is 0.229 e. The first kappa shape index (κ1) is 15.7. The van der Waals surface area contributed by atoms with Crippen molar-refractivity contribution in [3.8, 4) is 0 Å². The highest BCUT2D eigenvalue weighted by Gasteiger charge is 2.49. The second-order valence-electron chi connectivity index (χ2n) is 6.87. The first-order chi connectivity index (χ1) is 11.6. The van der Waals surface area contributed by atoms with Gasteiger partial charge in [0.05, 0.1) is 5.92 Å². The van der Waals surface area contributed by atoms with Crippen molar-refractivity contribution in [3.63, 3.8) is 0 Å². The molecule has 0 aliphatic heterocycles. The average molecular weight is 342 g/mol. The first-order valence-electron chi connectivity index (χ1n) is 8.43. The van der Waals surface area contributed by atoms with Gasteiger partial charge in [0.15, 0.2) is 5.16 Å². The van der Waals surface area contributed by atoms with E-state index in [0.29, 0.717) is 11.8 Å². The van der Waals surface area contributed by atoms with E-state index < -0.39 is 0 Å². The van der Waals surface area contributed by atoms with Crippen LogP contribution >= 0.6 is 11.8 Å². The van der Waals surface area contributed by atoms with Gasteiger partial charge in [0.2, 0.25) is 5.91 Å².